The lowest BCUT2D eigenvalue weighted by molar-refractivity contribution is -0.120. The second-order valence-electron chi connectivity index (χ2n) is 5.58. The molecule has 2 atom stereocenters. The number of ether oxygens (including phenoxy) is 1. The van der Waals surface area contributed by atoms with E-state index in [2.05, 4.69) is 5.32 Å². The van der Waals surface area contributed by atoms with Crippen molar-refractivity contribution in [3.63, 3.8) is 0 Å². The minimum absolute atomic E-state index is 0.0321. The smallest absolute Gasteiger partial charge is 0.219 e. The highest BCUT2D eigenvalue weighted by atomic mass is 19.1. The molecule has 4 nitrogen and oxygen atoms in total. The van der Waals surface area contributed by atoms with Crippen molar-refractivity contribution in [1.82, 2.24) is 5.32 Å². The van der Waals surface area contributed by atoms with E-state index in [4.69, 9.17) is 4.74 Å². The van der Waals surface area contributed by atoms with Gasteiger partial charge in [-0.05, 0) is 31.5 Å². The molecule has 1 heterocycles. The number of carbonyl (C=O) groups excluding carboxylic acids is 1. The molecule has 1 fully saturated rings. The van der Waals surface area contributed by atoms with Crippen molar-refractivity contribution in [3.05, 3.63) is 29.6 Å². The number of amides is 1. The molecule has 5 heteroatoms. The summed E-state index contributed by atoms with van der Waals surface area (Å²) in [4.78, 5) is 13.2. The van der Waals surface area contributed by atoms with E-state index in [1.807, 2.05) is 24.8 Å². The molecule has 0 radical (unpaired) electrons. The summed E-state index contributed by atoms with van der Waals surface area (Å²) in [6.07, 6.45) is 0.623. The van der Waals surface area contributed by atoms with E-state index < -0.39 is 0 Å². The molecule has 1 aromatic carbocycles. The Hall–Kier alpha value is -1.62. The molecule has 1 aliphatic rings. The van der Waals surface area contributed by atoms with Crippen molar-refractivity contribution in [2.75, 3.05) is 18.0 Å². The highest BCUT2D eigenvalue weighted by Crippen LogP contribution is 2.24. The molecule has 1 aliphatic heterocycles. The minimum Gasteiger partial charge on any atom is -0.372 e. The van der Waals surface area contributed by atoms with Gasteiger partial charge < -0.3 is 15.0 Å². The van der Waals surface area contributed by atoms with Gasteiger partial charge >= 0.3 is 0 Å². The highest BCUT2D eigenvalue weighted by Gasteiger charge is 2.24. The molecule has 0 unspecified atom stereocenters. The van der Waals surface area contributed by atoms with Crippen LogP contribution in [-0.2, 0) is 16.1 Å². The van der Waals surface area contributed by atoms with Crippen molar-refractivity contribution in [3.8, 4) is 0 Å². The molecule has 2 rings (SSSR count). The summed E-state index contributed by atoms with van der Waals surface area (Å²) in [5.74, 6) is -0.283. The average molecular weight is 294 g/mol. The van der Waals surface area contributed by atoms with E-state index in [0.717, 1.165) is 5.56 Å². The fourth-order valence-electron chi connectivity index (χ4n) is 2.62. The topological polar surface area (TPSA) is 41.6 Å². The molecule has 1 N–H and O–H groups in total. The van der Waals surface area contributed by atoms with Gasteiger partial charge in [-0.1, -0.05) is 13.0 Å². The molecule has 0 saturated carbocycles. The van der Waals surface area contributed by atoms with Crippen molar-refractivity contribution in [1.29, 1.82) is 0 Å². The molecule has 1 amide bonds. The summed E-state index contributed by atoms with van der Waals surface area (Å²) in [7, 11) is 0. The van der Waals surface area contributed by atoms with Crippen LogP contribution in [0.5, 0.6) is 0 Å². The maximum absolute atomic E-state index is 14.3. The van der Waals surface area contributed by atoms with Crippen LogP contribution in [-0.4, -0.2) is 31.2 Å². The van der Waals surface area contributed by atoms with Crippen LogP contribution in [0.4, 0.5) is 10.1 Å². The fraction of sp³-hybridized carbons (Fsp3) is 0.562. The van der Waals surface area contributed by atoms with Gasteiger partial charge in [-0.3, -0.25) is 4.79 Å². The molecule has 0 spiro atoms. The Morgan fingerprint density at radius 3 is 2.62 bits per heavy atom. The van der Waals surface area contributed by atoms with Gasteiger partial charge in [0, 0.05) is 26.1 Å². The van der Waals surface area contributed by atoms with Gasteiger partial charge in [0.25, 0.3) is 0 Å². The second kappa shape index (κ2) is 6.89. The lowest BCUT2D eigenvalue weighted by atomic mass is 10.1. The number of rotatable bonds is 4. The number of hydrogen-bond donors (Lipinski definition) is 1. The van der Waals surface area contributed by atoms with Gasteiger partial charge in [-0.15, -0.1) is 0 Å². The molecule has 0 bridgehead atoms. The second-order valence-corrected chi connectivity index (χ2v) is 5.58. The maximum Gasteiger partial charge on any atom is 0.219 e. The van der Waals surface area contributed by atoms with Crippen LogP contribution in [0.3, 0.4) is 0 Å². The molecule has 21 heavy (non-hydrogen) atoms. The summed E-state index contributed by atoms with van der Waals surface area (Å²) >= 11 is 0. The van der Waals surface area contributed by atoms with Crippen LogP contribution in [0.25, 0.3) is 0 Å². The maximum atomic E-state index is 14.3. The third kappa shape index (κ3) is 4.17. The zero-order valence-electron chi connectivity index (χ0n) is 12.9. The number of nitrogens with zero attached hydrogens (tertiary/aromatic N) is 1. The summed E-state index contributed by atoms with van der Waals surface area (Å²) < 4.78 is 20.0. The first kappa shape index (κ1) is 15.8. The molecule has 116 valence electrons. The van der Waals surface area contributed by atoms with E-state index in [1.54, 1.807) is 13.0 Å². The van der Waals surface area contributed by atoms with Gasteiger partial charge in [0.05, 0.1) is 17.9 Å². The number of halogens is 1. The Morgan fingerprint density at radius 2 is 2.05 bits per heavy atom. The van der Waals surface area contributed by atoms with Crippen LogP contribution in [0, 0.1) is 5.82 Å². The number of morpholine rings is 1. The summed E-state index contributed by atoms with van der Waals surface area (Å²) in [6.45, 7) is 7.52. The zero-order valence-corrected chi connectivity index (χ0v) is 12.9. The highest BCUT2D eigenvalue weighted by molar-refractivity contribution is 5.75. The third-order valence-corrected chi connectivity index (χ3v) is 3.58. The van der Waals surface area contributed by atoms with Crippen molar-refractivity contribution < 1.29 is 13.9 Å². The van der Waals surface area contributed by atoms with Crippen molar-refractivity contribution in [2.24, 2.45) is 0 Å². The van der Waals surface area contributed by atoms with E-state index in [-0.39, 0.29) is 23.9 Å². The van der Waals surface area contributed by atoms with E-state index in [0.29, 0.717) is 31.7 Å². The Morgan fingerprint density at radius 1 is 1.38 bits per heavy atom. The number of anilines is 1. The fourth-order valence-corrected chi connectivity index (χ4v) is 2.62. The molecule has 0 aliphatic carbocycles. The summed E-state index contributed by atoms with van der Waals surface area (Å²) in [5.41, 5.74) is 1.37. The average Bonchev–Trinajstić information content (AvgIpc) is 2.43. The van der Waals surface area contributed by atoms with E-state index >= 15 is 0 Å². The first-order valence-electron chi connectivity index (χ1n) is 7.45. The van der Waals surface area contributed by atoms with Gasteiger partial charge in [0.15, 0.2) is 0 Å². The number of benzene rings is 1. The lowest BCUT2D eigenvalue weighted by Crippen LogP contribution is -2.45. The van der Waals surface area contributed by atoms with Crippen molar-refractivity contribution in [2.45, 2.75) is 45.9 Å². The minimum atomic E-state index is -0.250. The van der Waals surface area contributed by atoms with Gasteiger partial charge in [-0.2, -0.15) is 0 Å². The molecule has 0 aromatic heterocycles. The first-order valence-corrected chi connectivity index (χ1v) is 7.45. The van der Waals surface area contributed by atoms with Gasteiger partial charge in [-0.25, -0.2) is 4.39 Å². The largest absolute Gasteiger partial charge is 0.372 e. The predicted molar refractivity (Wildman–Crippen MR) is 80.8 cm³/mol. The zero-order chi connectivity index (χ0) is 15.4. The third-order valence-electron chi connectivity index (χ3n) is 3.58. The molecular formula is C16H23FN2O2. The Kier molecular flexibility index (Phi) is 5.17. The lowest BCUT2D eigenvalue weighted by Gasteiger charge is -2.37. The van der Waals surface area contributed by atoms with E-state index in [1.165, 1.54) is 6.07 Å². The quantitative estimate of drug-likeness (QED) is 0.927. The van der Waals surface area contributed by atoms with Crippen LogP contribution in [0.1, 0.15) is 32.8 Å². The van der Waals surface area contributed by atoms with Crippen LogP contribution in [0.15, 0.2) is 18.2 Å². The molecule has 1 aromatic rings. The Labute approximate surface area is 125 Å². The van der Waals surface area contributed by atoms with Gasteiger partial charge in [0.1, 0.15) is 5.82 Å². The van der Waals surface area contributed by atoms with E-state index in [9.17, 15) is 9.18 Å². The Balaban J connectivity index is 2.06. The van der Waals surface area contributed by atoms with Crippen LogP contribution in [0.2, 0.25) is 0 Å². The number of carbonyl (C=O) groups is 1. The first-order chi connectivity index (χ1) is 9.99. The summed E-state index contributed by atoms with van der Waals surface area (Å²) in [6, 6.07) is 5.14. The Bertz CT molecular complexity index is 497. The number of nitrogens with one attached hydrogen (secondary N) is 1. The van der Waals surface area contributed by atoms with Gasteiger partial charge in [0.2, 0.25) is 5.91 Å². The summed E-state index contributed by atoms with van der Waals surface area (Å²) in [5, 5.41) is 2.75. The number of hydrogen-bond acceptors (Lipinski definition) is 3. The normalized spacial score (nSPS) is 22.2. The SMILES string of the molecule is CCC(=O)NCc1ccc(N2C[C@H](C)O[C@@H](C)C2)c(F)c1. The standard InChI is InChI=1S/C16H23FN2O2/c1-4-16(20)18-8-13-5-6-15(14(17)7-13)19-9-11(2)21-12(3)10-19/h5-7,11-12H,4,8-10H2,1-3H3,(H,18,20)/t11-,12-/m0/s1. The van der Waals surface area contributed by atoms with Crippen molar-refractivity contribution >= 4 is 11.6 Å². The predicted octanol–water partition coefficient (Wildman–Crippen LogP) is 2.47. The van der Waals surface area contributed by atoms with Crippen LogP contribution >= 0.6 is 0 Å². The molecular weight excluding hydrogens is 271 g/mol. The monoisotopic (exact) mass is 294 g/mol. The van der Waals surface area contributed by atoms with Crippen LogP contribution < -0.4 is 10.2 Å². The molecule has 1 saturated heterocycles.